The maximum atomic E-state index is 10.9. The summed E-state index contributed by atoms with van der Waals surface area (Å²) in [6, 6.07) is 8.59. The second kappa shape index (κ2) is 6.72. The highest BCUT2D eigenvalue weighted by Gasteiger charge is 2.15. The maximum absolute atomic E-state index is 10.9. The molecule has 130 valence electrons. The normalized spacial score (nSPS) is 10.7. The van der Waals surface area contributed by atoms with Crippen LogP contribution in [0.5, 0.6) is 17.2 Å². The summed E-state index contributed by atoms with van der Waals surface area (Å²) in [5.41, 5.74) is 2.80. The number of aromatic amines is 1. The minimum atomic E-state index is -0.404. The van der Waals surface area contributed by atoms with Crippen molar-refractivity contribution in [3.05, 3.63) is 57.8 Å². The Morgan fingerprint density at radius 3 is 2.28 bits per heavy atom. The summed E-state index contributed by atoms with van der Waals surface area (Å²) in [6.07, 6.45) is 2.48. The Hall–Kier alpha value is -3.22. The lowest BCUT2D eigenvalue weighted by molar-refractivity contribution is -0.384. The molecule has 3 rings (SSSR count). The van der Waals surface area contributed by atoms with Gasteiger partial charge in [-0.25, -0.2) is 0 Å². The van der Waals surface area contributed by atoms with E-state index in [9.17, 15) is 10.1 Å². The summed E-state index contributed by atoms with van der Waals surface area (Å²) in [4.78, 5) is 13.6. The van der Waals surface area contributed by atoms with Gasteiger partial charge in [0.25, 0.3) is 5.69 Å². The van der Waals surface area contributed by atoms with Crippen molar-refractivity contribution < 1.29 is 19.1 Å². The summed E-state index contributed by atoms with van der Waals surface area (Å²) >= 11 is 0. The van der Waals surface area contributed by atoms with Gasteiger partial charge in [-0.2, -0.15) is 0 Å². The van der Waals surface area contributed by atoms with Crippen LogP contribution >= 0.6 is 0 Å². The first-order chi connectivity index (χ1) is 12.1. The molecular weight excluding hydrogens is 324 g/mol. The minimum Gasteiger partial charge on any atom is -0.493 e. The van der Waals surface area contributed by atoms with Crippen molar-refractivity contribution in [1.29, 1.82) is 0 Å². The topological polar surface area (TPSA) is 86.6 Å². The smallest absolute Gasteiger partial charge is 0.271 e. The van der Waals surface area contributed by atoms with Crippen LogP contribution in [0.2, 0.25) is 0 Å². The number of rotatable bonds is 6. The summed E-state index contributed by atoms with van der Waals surface area (Å²) in [7, 11) is 4.71. The van der Waals surface area contributed by atoms with E-state index in [4.69, 9.17) is 14.2 Å². The molecule has 1 aromatic heterocycles. The Balaban J connectivity index is 2.00. The number of nitrogens with zero attached hydrogens (tertiary/aromatic N) is 1. The van der Waals surface area contributed by atoms with Gasteiger partial charge in [-0.3, -0.25) is 10.1 Å². The first-order valence-corrected chi connectivity index (χ1v) is 7.60. The van der Waals surface area contributed by atoms with Crippen LogP contribution in [0, 0.1) is 10.1 Å². The summed E-state index contributed by atoms with van der Waals surface area (Å²) in [6.45, 7) is 0. The zero-order valence-electron chi connectivity index (χ0n) is 14.2. The van der Waals surface area contributed by atoms with E-state index < -0.39 is 4.92 Å². The molecule has 0 unspecified atom stereocenters. The van der Waals surface area contributed by atoms with Crippen molar-refractivity contribution in [3.63, 3.8) is 0 Å². The summed E-state index contributed by atoms with van der Waals surface area (Å²) in [5.74, 6) is 1.72. The number of nitro groups is 1. The van der Waals surface area contributed by atoms with E-state index in [0.29, 0.717) is 23.7 Å². The molecule has 1 N–H and O–H groups in total. The maximum Gasteiger partial charge on any atom is 0.271 e. The summed E-state index contributed by atoms with van der Waals surface area (Å²) in [5, 5.41) is 11.8. The molecule has 1 heterocycles. The Labute approximate surface area is 144 Å². The Kier molecular flexibility index (Phi) is 4.47. The molecule has 0 aliphatic carbocycles. The van der Waals surface area contributed by atoms with Gasteiger partial charge in [0.15, 0.2) is 11.5 Å². The molecule has 7 nitrogen and oxygen atoms in total. The molecule has 0 fully saturated rings. The SMILES string of the molecule is COc1cc(Cc2c[nH]c3cc([N+](=O)[O-])ccc23)cc(OC)c1OC. The molecule has 0 saturated heterocycles. The highest BCUT2D eigenvalue weighted by atomic mass is 16.6. The van der Waals surface area contributed by atoms with E-state index in [0.717, 1.165) is 22.0 Å². The number of H-pyrrole nitrogens is 1. The summed E-state index contributed by atoms with van der Waals surface area (Å²) < 4.78 is 16.1. The molecule has 0 spiro atoms. The number of nitro benzene ring substituents is 1. The highest BCUT2D eigenvalue weighted by Crippen LogP contribution is 2.39. The van der Waals surface area contributed by atoms with Gasteiger partial charge in [0.05, 0.1) is 31.8 Å². The largest absolute Gasteiger partial charge is 0.493 e. The number of benzene rings is 2. The first kappa shape index (κ1) is 16.6. The number of ether oxygens (including phenoxy) is 3. The predicted molar refractivity (Wildman–Crippen MR) is 93.9 cm³/mol. The zero-order valence-corrected chi connectivity index (χ0v) is 14.2. The van der Waals surface area contributed by atoms with E-state index in [1.807, 2.05) is 18.3 Å². The van der Waals surface area contributed by atoms with Gasteiger partial charge in [-0.05, 0) is 35.7 Å². The number of methoxy groups -OCH3 is 3. The molecule has 0 aliphatic rings. The second-order valence-corrected chi connectivity index (χ2v) is 5.51. The number of hydrogen-bond acceptors (Lipinski definition) is 5. The van der Waals surface area contributed by atoms with E-state index in [2.05, 4.69) is 4.98 Å². The molecule has 0 bridgehead atoms. The quantitative estimate of drug-likeness (QED) is 0.545. The van der Waals surface area contributed by atoms with Crippen LogP contribution in [0.25, 0.3) is 10.9 Å². The molecule has 0 saturated carbocycles. The molecule has 0 amide bonds. The molecule has 0 aliphatic heterocycles. The molecule has 0 atom stereocenters. The number of aromatic nitrogens is 1. The average Bonchev–Trinajstić information content (AvgIpc) is 3.02. The molecule has 0 radical (unpaired) electrons. The lowest BCUT2D eigenvalue weighted by Gasteiger charge is -2.14. The Morgan fingerprint density at radius 1 is 1.04 bits per heavy atom. The van der Waals surface area contributed by atoms with Gasteiger partial charge in [-0.1, -0.05) is 0 Å². The highest BCUT2D eigenvalue weighted by molar-refractivity contribution is 5.85. The molecule has 2 aromatic carbocycles. The van der Waals surface area contributed by atoms with Gasteiger partial charge >= 0.3 is 0 Å². The fourth-order valence-corrected chi connectivity index (χ4v) is 2.89. The van der Waals surface area contributed by atoms with Gasteiger partial charge < -0.3 is 19.2 Å². The first-order valence-electron chi connectivity index (χ1n) is 7.60. The molecular formula is C18H18N2O5. The fourth-order valence-electron chi connectivity index (χ4n) is 2.89. The van der Waals surface area contributed by atoms with Crippen LogP contribution < -0.4 is 14.2 Å². The predicted octanol–water partition coefficient (Wildman–Crippen LogP) is 3.69. The van der Waals surface area contributed by atoms with E-state index >= 15 is 0 Å². The second-order valence-electron chi connectivity index (χ2n) is 5.51. The third-order valence-electron chi connectivity index (χ3n) is 4.08. The van der Waals surface area contributed by atoms with E-state index in [-0.39, 0.29) is 5.69 Å². The van der Waals surface area contributed by atoms with Gasteiger partial charge in [0.2, 0.25) is 5.75 Å². The van der Waals surface area contributed by atoms with Crippen LogP contribution in [0.15, 0.2) is 36.5 Å². The van der Waals surface area contributed by atoms with Crippen LogP contribution in [0.3, 0.4) is 0 Å². The number of hydrogen-bond donors (Lipinski definition) is 1. The van der Waals surface area contributed by atoms with Gasteiger partial charge in [0.1, 0.15) is 0 Å². The average molecular weight is 342 g/mol. The van der Waals surface area contributed by atoms with Crippen LogP contribution in [0.1, 0.15) is 11.1 Å². The number of fused-ring (bicyclic) bond motifs is 1. The van der Waals surface area contributed by atoms with Crippen molar-refractivity contribution in [1.82, 2.24) is 4.98 Å². The molecule has 7 heteroatoms. The van der Waals surface area contributed by atoms with Crippen molar-refractivity contribution >= 4 is 16.6 Å². The van der Waals surface area contributed by atoms with Crippen LogP contribution in [-0.2, 0) is 6.42 Å². The van der Waals surface area contributed by atoms with Gasteiger partial charge in [0, 0.05) is 23.7 Å². The molecule has 3 aromatic rings. The Morgan fingerprint density at radius 2 is 1.72 bits per heavy atom. The zero-order chi connectivity index (χ0) is 18.0. The Bertz CT molecular complexity index is 907. The number of non-ortho nitro benzene ring substituents is 1. The van der Waals surface area contributed by atoms with Crippen LogP contribution in [-0.4, -0.2) is 31.2 Å². The third kappa shape index (κ3) is 3.08. The lowest BCUT2D eigenvalue weighted by atomic mass is 10.0. The van der Waals surface area contributed by atoms with Crippen molar-refractivity contribution in [2.75, 3.05) is 21.3 Å². The van der Waals surface area contributed by atoms with Gasteiger partial charge in [-0.15, -0.1) is 0 Å². The van der Waals surface area contributed by atoms with E-state index in [1.54, 1.807) is 27.4 Å². The third-order valence-corrected chi connectivity index (χ3v) is 4.08. The minimum absolute atomic E-state index is 0.0636. The van der Waals surface area contributed by atoms with Crippen molar-refractivity contribution in [2.24, 2.45) is 0 Å². The number of nitrogens with one attached hydrogen (secondary N) is 1. The standard InChI is InChI=1S/C18H18N2O5/c1-23-16-7-11(8-17(24-2)18(16)25-3)6-12-10-19-15-9-13(20(21)22)4-5-14(12)15/h4-5,7-10,19H,6H2,1-3H3. The van der Waals surface area contributed by atoms with Crippen molar-refractivity contribution in [2.45, 2.75) is 6.42 Å². The van der Waals surface area contributed by atoms with E-state index in [1.165, 1.54) is 12.1 Å². The van der Waals surface area contributed by atoms with Crippen molar-refractivity contribution in [3.8, 4) is 17.2 Å². The van der Waals surface area contributed by atoms with Crippen LogP contribution in [0.4, 0.5) is 5.69 Å². The fraction of sp³-hybridized carbons (Fsp3) is 0.222. The monoisotopic (exact) mass is 342 g/mol. The molecule has 25 heavy (non-hydrogen) atoms. The lowest BCUT2D eigenvalue weighted by Crippen LogP contribution is -1.97.